The number of alkyl halides is 3. The zero-order valence-corrected chi connectivity index (χ0v) is 16.3. The van der Waals surface area contributed by atoms with Crippen LogP contribution < -0.4 is 15.4 Å². The van der Waals surface area contributed by atoms with Crippen LogP contribution in [0.5, 0.6) is 5.75 Å². The van der Waals surface area contributed by atoms with Gasteiger partial charge in [-0.1, -0.05) is 18.2 Å². The fourth-order valence-corrected chi connectivity index (χ4v) is 3.34. The number of carbonyl (C=O) groups is 3. The Bertz CT molecular complexity index is 1030. The van der Waals surface area contributed by atoms with Crippen molar-refractivity contribution in [1.29, 1.82) is 0 Å². The third kappa shape index (κ3) is 5.01. The molecule has 2 aromatic carbocycles. The van der Waals surface area contributed by atoms with Gasteiger partial charge in [0, 0.05) is 6.54 Å². The third-order valence-electron chi connectivity index (χ3n) is 4.14. The van der Waals surface area contributed by atoms with Gasteiger partial charge >= 0.3 is 6.18 Å². The monoisotopic (exact) mass is 436 g/mol. The number of amides is 3. The second-order valence-corrected chi connectivity index (χ2v) is 7.20. The van der Waals surface area contributed by atoms with Gasteiger partial charge in [-0.15, -0.1) is 0 Å². The van der Waals surface area contributed by atoms with E-state index in [1.54, 1.807) is 12.1 Å². The van der Waals surface area contributed by atoms with Crippen molar-refractivity contribution in [3.8, 4) is 5.75 Å². The van der Waals surface area contributed by atoms with Crippen molar-refractivity contribution in [1.82, 2.24) is 10.6 Å². The second kappa shape index (κ2) is 8.62. The smallest absolute Gasteiger partial charge is 0.416 e. The molecule has 0 saturated carbocycles. The van der Waals surface area contributed by atoms with E-state index in [1.165, 1.54) is 31.4 Å². The summed E-state index contributed by atoms with van der Waals surface area (Å²) in [5.41, 5.74) is 0.398. The molecular formula is C20H15F3N2O4S. The second-order valence-electron chi connectivity index (χ2n) is 6.19. The average molecular weight is 436 g/mol. The van der Waals surface area contributed by atoms with E-state index < -0.39 is 28.8 Å². The quantitative estimate of drug-likeness (QED) is 0.693. The predicted molar refractivity (Wildman–Crippen MR) is 105 cm³/mol. The van der Waals surface area contributed by atoms with Crippen LogP contribution in [0.3, 0.4) is 0 Å². The van der Waals surface area contributed by atoms with Gasteiger partial charge in [0.2, 0.25) is 0 Å². The lowest BCUT2D eigenvalue weighted by atomic mass is 10.1. The molecule has 1 fully saturated rings. The number of benzene rings is 2. The van der Waals surface area contributed by atoms with Gasteiger partial charge in [-0.3, -0.25) is 19.7 Å². The Balaban J connectivity index is 1.75. The molecular weight excluding hydrogens is 421 g/mol. The van der Waals surface area contributed by atoms with Gasteiger partial charge < -0.3 is 10.1 Å². The first kappa shape index (κ1) is 21.4. The summed E-state index contributed by atoms with van der Waals surface area (Å²) in [5, 5.41) is 4.29. The number of ether oxygens (including phenoxy) is 1. The van der Waals surface area contributed by atoms with Crippen LogP contribution in [-0.4, -0.2) is 24.2 Å². The van der Waals surface area contributed by atoms with Crippen LogP contribution in [0.4, 0.5) is 18.0 Å². The number of thioether (sulfide) groups is 1. The van der Waals surface area contributed by atoms with Crippen LogP contribution in [0.25, 0.3) is 6.08 Å². The van der Waals surface area contributed by atoms with Crippen LogP contribution in [0.2, 0.25) is 0 Å². The number of carbonyl (C=O) groups excluding carboxylic acids is 3. The fourth-order valence-electron chi connectivity index (χ4n) is 2.65. The van der Waals surface area contributed by atoms with Crippen molar-refractivity contribution >= 4 is 34.9 Å². The summed E-state index contributed by atoms with van der Waals surface area (Å²) in [7, 11) is 1.39. The highest BCUT2D eigenvalue weighted by atomic mass is 32.2. The SMILES string of the molecule is COc1ccc(/C=C2\SC(=O)NC2=O)cc1C(=O)NCc1ccc(C(F)(F)F)cc1. The summed E-state index contributed by atoms with van der Waals surface area (Å²) in [6.45, 7) is 0.0121. The van der Waals surface area contributed by atoms with Crippen molar-refractivity contribution in [2.45, 2.75) is 12.7 Å². The Hall–Kier alpha value is -3.27. The molecule has 0 aromatic heterocycles. The topological polar surface area (TPSA) is 84.5 Å². The maximum atomic E-state index is 12.6. The summed E-state index contributed by atoms with van der Waals surface area (Å²) in [6, 6.07) is 9.11. The molecule has 156 valence electrons. The van der Waals surface area contributed by atoms with E-state index in [0.717, 1.165) is 23.9 Å². The summed E-state index contributed by atoms with van der Waals surface area (Å²) >= 11 is 0.753. The van der Waals surface area contributed by atoms with Gasteiger partial charge in [-0.25, -0.2) is 0 Å². The molecule has 3 amide bonds. The van der Waals surface area contributed by atoms with Gasteiger partial charge in [-0.2, -0.15) is 13.2 Å². The van der Waals surface area contributed by atoms with Gasteiger partial charge in [0.15, 0.2) is 0 Å². The fraction of sp³-hybridized carbons (Fsp3) is 0.150. The summed E-state index contributed by atoms with van der Waals surface area (Å²) in [6.07, 6.45) is -2.96. The Labute approximate surface area is 173 Å². The third-order valence-corrected chi connectivity index (χ3v) is 4.95. The van der Waals surface area contributed by atoms with Crippen LogP contribution >= 0.6 is 11.8 Å². The van der Waals surface area contributed by atoms with E-state index in [9.17, 15) is 27.6 Å². The molecule has 0 bridgehead atoms. The number of nitrogens with one attached hydrogen (secondary N) is 2. The molecule has 3 rings (SSSR count). The molecule has 1 heterocycles. The van der Waals surface area contributed by atoms with Crippen molar-refractivity contribution in [2.75, 3.05) is 7.11 Å². The summed E-state index contributed by atoms with van der Waals surface area (Å²) in [4.78, 5) is 35.7. The van der Waals surface area contributed by atoms with E-state index >= 15 is 0 Å². The van der Waals surface area contributed by atoms with E-state index in [2.05, 4.69) is 10.6 Å². The normalized spacial score (nSPS) is 15.3. The first-order chi connectivity index (χ1) is 14.2. The minimum Gasteiger partial charge on any atom is -0.496 e. The van der Waals surface area contributed by atoms with Crippen molar-refractivity contribution in [3.05, 3.63) is 69.6 Å². The molecule has 1 saturated heterocycles. The number of hydrogen-bond donors (Lipinski definition) is 2. The molecule has 6 nitrogen and oxygen atoms in total. The zero-order valence-electron chi connectivity index (χ0n) is 15.5. The first-order valence-electron chi connectivity index (χ1n) is 8.54. The standard InChI is InChI=1S/C20H15F3N2O4S/c1-29-15-7-4-12(9-16-18(27)25-19(28)30-16)8-14(15)17(26)24-10-11-2-5-13(6-3-11)20(21,22)23/h2-9H,10H2,1H3,(H,24,26)(H,25,27,28)/b16-9-. The maximum absolute atomic E-state index is 12.6. The van der Waals surface area contributed by atoms with Crippen LogP contribution in [0, 0.1) is 0 Å². The average Bonchev–Trinajstić information content (AvgIpc) is 3.02. The van der Waals surface area contributed by atoms with E-state index in [1.807, 2.05) is 0 Å². The van der Waals surface area contributed by atoms with Crippen molar-refractivity contribution in [3.63, 3.8) is 0 Å². The first-order valence-corrected chi connectivity index (χ1v) is 9.36. The van der Waals surface area contributed by atoms with Crippen molar-refractivity contribution in [2.24, 2.45) is 0 Å². The highest BCUT2D eigenvalue weighted by molar-refractivity contribution is 8.18. The molecule has 30 heavy (non-hydrogen) atoms. The molecule has 0 unspecified atom stereocenters. The maximum Gasteiger partial charge on any atom is 0.416 e. The zero-order chi connectivity index (χ0) is 21.9. The molecule has 0 atom stereocenters. The van der Waals surface area contributed by atoms with E-state index in [4.69, 9.17) is 4.74 Å². The predicted octanol–water partition coefficient (Wildman–Crippen LogP) is 3.97. The molecule has 0 radical (unpaired) electrons. The Morgan fingerprint density at radius 2 is 1.87 bits per heavy atom. The van der Waals surface area contributed by atoms with Gasteiger partial charge in [0.05, 0.1) is 23.1 Å². The number of imide groups is 1. The Morgan fingerprint density at radius 3 is 2.43 bits per heavy atom. The molecule has 0 aliphatic carbocycles. The molecule has 10 heteroatoms. The minimum absolute atomic E-state index is 0.0121. The highest BCUT2D eigenvalue weighted by Gasteiger charge is 2.30. The van der Waals surface area contributed by atoms with Gasteiger partial charge in [-0.05, 0) is 53.2 Å². The van der Waals surface area contributed by atoms with Crippen molar-refractivity contribution < 1.29 is 32.3 Å². The lowest BCUT2D eigenvalue weighted by Crippen LogP contribution is -2.23. The molecule has 1 aliphatic heterocycles. The molecule has 2 N–H and O–H groups in total. The number of methoxy groups -OCH3 is 1. The van der Waals surface area contributed by atoms with Crippen LogP contribution in [-0.2, 0) is 17.5 Å². The van der Waals surface area contributed by atoms with E-state index in [-0.39, 0.29) is 22.8 Å². The van der Waals surface area contributed by atoms with E-state index in [0.29, 0.717) is 11.1 Å². The molecule has 0 spiro atoms. The molecule has 1 aliphatic rings. The van der Waals surface area contributed by atoms with Gasteiger partial charge in [0.1, 0.15) is 5.75 Å². The lowest BCUT2D eigenvalue weighted by Gasteiger charge is -2.11. The molecule has 2 aromatic rings. The number of halogens is 3. The van der Waals surface area contributed by atoms with Crippen LogP contribution in [0.1, 0.15) is 27.0 Å². The Kier molecular flexibility index (Phi) is 6.16. The van der Waals surface area contributed by atoms with Gasteiger partial charge in [0.25, 0.3) is 17.1 Å². The number of rotatable bonds is 5. The summed E-state index contributed by atoms with van der Waals surface area (Å²) in [5.74, 6) is -0.748. The number of hydrogen-bond acceptors (Lipinski definition) is 5. The Morgan fingerprint density at radius 1 is 1.17 bits per heavy atom. The highest BCUT2D eigenvalue weighted by Crippen LogP contribution is 2.29. The lowest BCUT2D eigenvalue weighted by molar-refractivity contribution is -0.137. The minimum atomic E-state index is -4.43. The largest absolute Gasteiger partial charge is 0.496 e. The summed E-state index contributed by atoms with van der Waals surface area (Å²) < 4.78 is 43.1. The van der Waals surface area contributed by atoms with Crippen LogP contribution in [0.15, 0.2) is 47.4 Å².